The first-order valence-electron chi connectivity index (χ1n) is 5.65. The number of nitro benzene ring substituents is 1. The maximum Gasteiger partial charge on any atom is 0.288 e. The molecular formula is C13H10ClN3O3. The summed E-state index contributed by atoms with van der Waals surface area (Å²) < 4.78 is 0. The molecule has 1 aromatic carbocycles. The summed E-state index contributed by atoms with van der Waals surface area (Å²) >= 11 is 5.70. The molecule has 0 aliphatic rings. The molecule has 1 amide bonds. The summed E-state index contributed by atoms with van der Waals surface area (Å²) in [5.41, 5.74) is 1.26. The zero-order valence-corrected chi connectivity index (χ0v) is 11.2. The van der Waals surface area contributed by atoms with E-state index in [0.717, 1.165) is 11.6 Å². The van der Waals surface area contributed by atoms with Crippen LogP contribution in [0.4, 0.5) is 11.4 Å². The number of nitrogens with zero attached hydrogens (tertiary/aromatic N) is 2. The molecule has 0 unspecified atom stereocenters. The fraction of sp³-hybridized carbons (Fsp3) is 0.0769. The van der Waals surface area contributed by atoms with Gasteiger partial charge in [0.05, 0.1) is 4.92 Å². The van der Waals surface area contributed by atoms with E-state index in [2.05, 4.69) is 10.3 Å². The molecule has 0 spiro atoms. The Bertz CT molecular complexity index is 688. The number of amides is 1. The predicted molar refractivity (Wildman–Crippen MR) is 75.0 cm³/mol. The third-order valence-corrected chi connectivity index (χ3v) is 2.99. The number of aryl methyl sites for hydroxylation is 1. The number of nitrogens with one attached hydrogen (secondary N) is 1. The van der Waals surface area contributed by atoms with E-state index < -0.39 is 10.8 Å². The van der Waals surface area contributed by atoms with E-state index in [9.17, 15) is 14.9 Å². The third-order valence-electron chi connectivity index (χ3n) is 2.67. The first-order valence-corrected chi connectivity index (χ1v) is 6.02. The van der Waals surface area contributed by atoms with E-state index in [1.807, 2.05) is 0 Å². The van der Waals surface area contributed by atoms with Crippen molar-refractivity contribution < 1.29 is 9.72 Å². The van der Waals surface area contributed by atoms with Gasteiger partial charge in [-0.2, -0.15) is 0 Å². The molecule has 0 fully saturated rings. The number of aromatic nitrogens is 1. The van der Waals surface area contributed by atoms with Crippen molar-refractivity contribution in [2.75, 3.05) is 5.32 Å². The second-order valence-electron chi connectivity index (χ2n) is 4.07. The van der Waals surface area contributed by atoms with Crippen molar-refractivity contribution in [3.05, 3.63) is 62.9 Å². The summed E-state index contributed by atoms with van der Waals surface area (Å²) in [6.45, 7) is 1.80. The fourth-order valence-corrected chi connectivity index (χ4v) is 1.79. The van der Waals surface area contributed by atoms with Crippen molar-refractivity contribution in [3.8, 4) is 0 Å². The molecule has 2 aromatic rings. The van der Waals surface area contributed by atoms with E-state index in [0.29, 0.717) is 5.69 Å². The van der Waals surface area contributed by atoms with Crippen LogP contribution in [0.2, 0.25) is 5.02 Å². The number of rotatable bonds is 3. The summed E-state index contributed by atoms with van der Waals surface area (Å²) in [4.78, 5) is 26.1. The number of halogens is 1. The quantitative estimate of drug-likeness (QED) is 0.695. The lowest BCUT2D eigenvalue weighted by Crippen LogP contribution is -2.13. The zero-order valence-electron chi connectivity index (χ0n) is 10.5. The Morgan fingerprint density at radius 2 is 2.15 bits per heavy atom. The Balaban J connectivity index is 2.28. The number of benzene rings is 1. The Morgan fingerprint density at radius 3 is 2.80 bits per heavy atom. The number of pyridine rings is 1. The van der Waals surface area contributed by atoms with Crippen LogP contribution in [0.1, 0.15) is 15.9 Å². The highest BCUT2D eigenvalue weighted by atomic mass is 35.5. The average molecular weight is 292 g/mol. The highest BCUT2D eigenvalue weighted by Gasteiger charge is 2.16. The van der Waals surface area contributed by atoms with Crippen LogP contribution >= 0.6 is 11.6 Å². The van der Waals surface area contributed by atoms with Gasteiger partial charge in [0.1, 0.15) is 5.02 Å². The first-order chi connectivity index (χ1) is 9.49. The van der Waals surface area contributed by atoms with Crippen molar-refractivity contribution in [1.82, 2.24) is 4.98 Å². The smallest absolute Gasteiger partial charge is 0.288 e. The van der Waals surface area contributed by atoms with E-state index >= 15 is 0 Å². The topological polar surface area (TPSA) is 85.1 Å². The molecule has 1 heterocycles. The summed E-state index contributed by atoms with van der Waals surface area (Å²) in [5, 5.41) is 13.4. The molecule has 2 rings (SSSR count). The van der Waals surface area contributed by atoms with Crippen molar-refractivity contribution in [1.29, 1.82) is 0 Å². The number of hydrogen-bond acceptors (Lipinski definition) is 4. The van der Waals surface area contributed by atoms with Crippen LogP contribution in [0.5, 0.6) is 0 Å². The second kappa shape index (κ2) is 5.66. The largest absolute Gasteiger partial charge is 0.322 e. The maximum absolute atomic E-state index is 12.1. The molecule has 0 saturated heterocycles. The molecule has 0 aliphatic carbocycles. The van der Waals surface area contributed by atoms with E-state index in [-0.39, 0.29) is 16.3 Å². The van der Waals surface area contributed by atoms with Crippen LogP contribution < -0.4 is 5.32 Å². The van der Waals surface area contributed by atoms with Crippen molar-refractivity contribution in [2.45, 2.75) is 6.92 Å². The summed E-state index contributed by atoms with van der Waals surface area (Å²) in [5.74, 6) is -0.445. The number of nitro groups is 1. The van der Waals surface area contributed by atoms with Gasteiger partial charge in [-0.25, -0.2) is 0 Å². The molecule has 0 atom stereocenters. The van der Waals surface area contributed by atoms with Gasteiger partial charge in [0, 0.05) is 29.7 Å². The molecule has 0 radical (unpaired) electrons. The molecule has 0 bridgehead atoms. The molecule has 1 N–H and O–H groups in total. The minimum Gasteiger partial charge on any atom is -0.322 e. The van der Waals surface area contributed by atoms with E-state index in [4.69, 9.17) is 11.6 Å². The Hall–Kier alpha value is -2.47. The molecule has 7 heteroatoms. The molecule has 20 heavy (non-hydrogen) atoms. The van der Waals surface area contributed by atoms with Crippen LogP contribution in [-0.2, 0) is 0 Å². The van der Waals surface area contributed by atoms with E-state index in [1.165, 1.54) is 12.1 Å². The lowest BCUT2D eigenvalue weighted by molar-refractivity contribution is -0.384. The maximum atomic E-state index is 12.1. The number of hydrogen-bond donors (Lipinski definition) is 1. The monoisotopic (exact) mass is 291 g/mol. The SMILES string of the molecule is Cc1cnccc1NC(=O)c1ccc(Cl)c([N+](=O)[O-])c1. The van der Waals surface area contributed by atoms with Gasteiger partial charge in [-0.05, 0) is 30.7 Å². The van der Waals surface area contributed by atoms with Gasteiger partial charge in [0.15, 0.2) is 0 Å². The summed E-state index contributed by atoms with van der Waals surface area (Å²) in [6, 6.07) is 5.56. The van der Waals surface area contributed by atoms with Gasteiger partial charge in [-0.15, -0.1) is 0 Å². The van der Waals surface area contributed by atoms with Gasteiger partial charge < -0.3 is 5.32 Å². The average Bonchev–Trinajstić information content (AvgIpc) is 2.41. The van der Waals surface area contributed by atoms with Crippen LogP contribution in [-0.4, -0.2) is 15.8 Å². The van der Waals surface area contributed by atoms with Crippen LogP contribution in [0.3, 0.4) is 0 Å². The van der Waals surface area contributed by atoms with Crippen LogP contribution in [0, 0.1) is 17.0 Å². The normalized spacial score (nSPS) is 10.1. The molecule has 0 aliphatic heterocycles. The molecule has 6 nitrogen and oxygen atoms in total. The van der Waals surface area contributed by atoms with Crippen LogP contribution in [0.15, 0.2) is 36.7 Å². The number of anilines is 1. The fourth-order valence-electron chi connectivity index (χ4n) is 1.60. The van der Waals surface area contributed by atoms with Gasteiger partial charge in [-0.3, -0.25) is 19.9 Å². The van der Waals surface area contributed by atoms with Crippen molar-refractivity contribution >= 4 is 28.9 Å². The van der Waals surface area contributed by atoms with Crippen LogP contribution in [0.25, 0.3) is 0 Å². The summed E-state index contributed by atoms with van der Waals surface area (Å²) in [7, 11) is 0. The van der Waals surface area contributed by atoms with Gasteiger partial charge in [0.25, 0.3) is 11.6 Å². The number of carbonyl (C=O) groups excluding carboxylic acids is 1. The lowest BCUT2D eigenvalue weighted by Gasteiger charge is -2.07. The summed E-state index contributed by atoms with van der Waals surface area (Å²) in [6.07, 6.45) is 3.16. The van der Waals surface area contributed by atoms with Crippen molar-refractivity contribution in [3.63, 3.8) is 0 Å². The van der Waals surface area contributed by atoms with Gasteiger partial charge >= 0.3 is 0 Å². The molecule has 102 valence electrons. The van der Waals surface area contributed by atoms with Crippen molar-refractivity contribution in [2.24, 2.45) is 0 Å². The highest BCUT2D eigenvalue weighted by Crippen LogP contribution is 2.25. The van der Waals surface area contributed by atoms with E-state index in [1.54, 1.807) is 25.4 Å². The number of carbonyl (C=O) groups is 1. The standard InChI is InChI=1S/C13H10ClN3O3/c1-8-7-15-5-4-11(8)16-13(18)9-2-3-10(14)12(6-9)17(19)20/h2-7H,1H3,(H,15,16,18). The predicted octanol–water partition coefficient (Wildman–Crippen LogP) is 3.20. The molecule has 0 saturated carbocycles. The Morgan fingerprint density at radius 1 is 1.40 bits per heavy atom. The van der Waals surface area contributed by atoms with Gasteiger partial charge in [-0.1, -0.05) is 11.6 Å². The molecular weight excluding hydrogens is 282 g/mol. The Labute approximate surface area is 119 Å². The zero-order chi connectivity index (χ0) is 14.7. The minimum absolute atomic E-state index is 0.00774. The Kier molecular flexibility index (Phi) is 3.95. The third kappa shape index (κ3) is 2.92. The lowest BCUT2D eigenvalue weighted by atomic mass is 10.1. The van der Waals surface area contributed by atoms with Gasteiger partial charge in [0.2, 0.25) is 0 Å². The molecule has 1 aromatic heterocycles. The highest BCUT2D eigenvalue weighted by molar-refractivity contribution is 6.32. The second-order valence-corrected chi connectivity index (χ2v) is 4.48. The first kappa shape index (κ1) is 14.0. The minimum atomic E-state index is -0.628.